The number of rotatable bonds is 2. The summed E-state index contributed by atoms with van der Waals surface area (Å²) in [4.78, 5) is 16.1. The lowest BCUT2D eigenvalue weighted by Gasteiger charge is -2.14. The minimum absolute atomic E-state index is 0.206. The van der Waals surface area contributed by atoms with Crippen molar-refractivity contribution in [1.29, 1.82) is 0 Å². The van der Waals surface area contributed by atoms with Gasteiger partial charge in [-0.05, 0) is 37.5 Å². The van der Waals surface area contributed by atoms with E-state index >= 15 is 0 Å². The first-order chi connectivity index (χ1) is 7.74. The Balaban J connectivity index is 2.29. The first kappa shape index (κ1) is 9.52. The largest absolute Gasteiger partial charge is 0.299 e. The van der Waals surface area contributed by atoms with Gasteiger partial charge in [0.1, 0.15) is 5.78 Å². The van der Waals surface area contributed by atoms with Crippen LogP contribution in [0.25, 0.3) is 10.9 Å². The molecule has 0 spiro atoms. The van der Waals surface area contributed by atoms with Gasteiger partial charge in [0.2, 0.25) is 0 Å². The fourth-order valence-corrected chi connectivity index (χ4v) is 2.45. The standard InChI is InChI=1S/C14H13NO/c1-10(16)14(7-8-14)12-6-9-15-13-5-3-2-4-11(12)13/h2-6,9H,7-8H2,1H3. The van der Waals surface area contributed by atoms with E-state index in [-0.39, 0.29) is 11.2 Å². The number of Topliss-reactive ketones (excluding diaryl/α,β-unsaturated/α-hetero) is 1. The SMILES string of the molecule is CC(=O)C1(c2ccnc3ccccc23)CC1. The van der Waals surface area contributed by atoms with Crippen molar-refractivity contribution in [3.63, 3.8) is 0 Å². The lowest BCUT2D eigenvalue weighted by atomic mass is 9.89. The molecule has 0 radical (unpaired) electrons. The molecule has 1 aromatic heterocycles. The van der Waals surface area contributed by atoms with Crippen LogP contribution in [0.1, 0.15) is 25.3 Å². The van der Waals surface area contributed by atoms with E-state index in [1.807, 2.05) is 24.3 Å². The van der Waals surface area contributed by atoms with Crippen LogP contribution >= 0.6 is 0 Å². The molecule has 0 unspecified atom stereocenters. The van der Waals surface area contributed by atoms with Gasteiger partial charge in [-0.2, -0.15) is 0 Å². The molecule has 1 heterocycles. The molecule has 0 saturated heterocycles. The molecule has 16 heavy (non-hydrogen) atoms. The molecule has 1 fully saturated rings. The van der Waals surface area contributed by atoms with Crippen LogP contribution in [0.5, 0.6) is 0 Å². The van der Waals surface area contributed by atoms with Gasteiger partial charge in [0, 0.05) is 11.6 Å². The molecule has 1 aliphatic rings. The zero-order valence-electron chi connectivity index (χ0n) is 9.23. The van der Waals surface area contributed by atoms with Gasteiger partial charge in [0.25, 0.3) is 0 Å². The zero-order chi connectivity index (χ0) is 11.2. The number of aromatic nitrogens is 1. The molecule has 1 aromatic carbocycles. The van der Waals surface area contributed by atoms with E-state index < -0.39 is 0 Å². The van der Waals surface area contributed by atoms with Crippen molar-refractivity contribution in [2.75, 3.05) is 0 Å². The van der Waals surface area contributed by atoms with Crippen LogP contribution in [0, 0.1) is 0 Å². The highest BCUT2D eigenvalue weighted by Gasteiger charge is 2.49. The minimum Gasteiger partial charge on any atom is -0.299 e. The maximum atomic E-state index is 11.8. The number of benzene rings is 1. The second kappa shape index (κ2) is 3.14. The Bertz CT molecular complexity index is 564. The van der Waals surface area contributed by atoms with Crippen molar-refractivity contribution in [3.05, 3.63) is 42.1 Å². The van der Waals surface area contributed by atoms with Crippen molar-refractivity contribution >= 4 is 16.7 Å². The lowest BCUT2D eigenvalue weighted by Crippen LogP contribution is -2.17. The molecule has 1 aliphatic carbocycles. The molecule has 1 saturated carbocycles. The third kappa shape index (κ3) is 1.19. The quantitative estimate of drug-likeness (QED) is 0.764. The molecular formula is C14H13NO. The van der Waals surface area contributed by atoms with E-state index in [4.69, 9.17) is 0 Å². The first-order valence-corrected chi connectivity index (χ1v) is 5.59. The van der Waals surface area contributed by atoms with Gasteiger partial charge in [0.15, 0.2) is 0 Å². The Kier molecular flexibility index (Phi) is 1.87. The van der Waals surface area contributed by atoms with Crippen molar-refractivity contribution in [2.24, 2.45) is 0 Å². The van der Waals surface area contributed by atoms with Crippen LogP contribution in [0.2, 0.25) is 0 Å². The average Bonchev–Trinajstić information content (AvgIpc) is 3.09. The second-order valence-corrected chi connectivity index (χ2v) is 4.51. The van der Waals surface area contributed by atoms with Crippen molar-refractivity contribution in [2.45, 2.75) is 25.2 Å². The van der Waals surface area contributed by atoms with E-state index in [1.54, 1.807) is 13.1 Å². The topological polar surface area (TPSA) is 30.0 Å². The second-order valence-electron chi connectivity index (χ2n) is 4.51. The lowest BCUT2D eigenvalue weighted by molar-refractivity contribution is -0.119. The molecule has 80 valence electrons. The van der Waals surface area contributed by atoms with Gasteiger partial charge in [-0.15, -0.1) is 0 Å². The van der Waals surface area contributed by atoms with Crippen LogP contribution < -0.4 is 0 Å². The number of ketones is 1. The molecule has 2 heteroatoms. The Morgan fingerprint density at radius 1 is 1.25 bits per heavy atom. The third-order valence-corrected chi connectivity index (χ3v) is 3.59. The van der Waals surface area contributed by atoms with Crippen LogP contribution in [0.4, 0.5) is 0 Å². The predicted molar refractivity (Wildman–Crippen MR) is 63.3 cm³/mol. The van der Waals surface area contributed by atoms with Gasteiger partial charge < -0.3 is 0 Å². The predicted octanol–water partition coefficient (Wildman–Crippen LogP) is 2.86. The van der Waals surface area contributed by atoms with Crippen LogP contribution in [-0.2, 0) is 10.2 Å². The summed E-state index contributed by atoms with van der Waals surface area (Å²) in [5.41, 5.74) is 1.93. The average molecular weight is 211 g/mol. The Morgan fingerprint density at radius 3 is 2.69 bits per heavy atom. The number of hydrogen-bond acceptors (Lipinski definition) is 2. The molecule has 0 amide bonds. The van der Waals surface area contributed by atoms with Crippen LogP contribution in [-0.4, -0.2) is 10.8 Å². The molecule has 2 nitrogen and oxygen atoms in total. The van der Waals surface area contributed by atoms with Gasteiger partial charge >= 0.3 is 0 Å². The summed E-state index contributed by atoms with van der Waals surface area (Å²) in [7, 11) is 0. The van der Waals surface area contributed by atoms with Gasteiger partial charge in [-0.1, -0.05) is 18.2 Å². The van der Waals surface area contributed by atoms with Gasteiger partial charge in [0.05, 0.1) is 10.9 Å². The number of carbonyl (C=O) groups is 1. The number of pyridine rings is 1. The number of para-hydroxylation sites is 1. The number of nitrogens with zero attached hydrogens (tertiary/aromatic N) is 1. The number of carbonyl (C=O) groups excluding carboxylic acids is 1. The summed E-state index contributed by atoms with van der Waals surface area (Å²) in [5, 5.41) is 1.12. The fraction of sp³-hybridized carbons (Fsp3) is 0.286. The van der Waals surface area contributed by atoms with E-state index in [9.17, 15) is 4.79 Å². The molecule has 0 atom stereocenters. The monoisotopic (exact) mass is 211 g/mol. The summed E-state index contributed by atoms with van der Waals surface area (Å²) in [6, 6.07) is 10.0. The van der Waals surface area contributed by atoms with Crippen molar-refractivity contribution < 1.29 is 4.79 Å². The van der Waals surface area contributed by atoms with Crippen LogP contribution in [0.15, 0.2) is 36.5 Å². The maximum absolute atomic E-state index is 11.8. The summed E-state index contributed by atoms with van der Waals surface area (Å²) in [6.45, 7) is 1.70. The number of hydrogen-bond donors (Lipinski definition) is 0. The third-order valence-electron chi connectivity index (χ3n) is 3.59. The summed E-state index contributed by atoms with van der Waals surface area (Å²) >= 11 is 0. The van der Waals surface area contributed by atoms with Gasteiger partial charge in [-0.25, -0.2) is 0 Å². The highest BCUT2D eigenvalue weighted by atomic mass is 16.1. The number of fused-ring (bicyclic) bond motifs is 1. The molecule has 3 rings (SSSR count). The van der Waals surface area contributed by atoms with E-state index in [2.05, 4.69) is 11.1 Å². The maximum Gasteiger partial charge on any atom is 0.140 e. The van der Waals surface area contributed by atoms with Gasteiger partial charge in [-0.3, -0.25) is 9.78 Å². The van der Waals surface area contributed by atoms with E-state index in [1.165, 1.54) is 0 Å². The molecule has 2 aromatic rings. The molecule has 0 aliphatic heterocycles. The van der Waals surface area contributed by atoms with Crippen molar-refractivity contribution in [1.82, 2.24) is 4.98 Å². The minimum atomic E-state index is -0.206. The van der Waals surface area contributed by atoms with E-state index in [0.29, 0.717) is 0 Å². The molecule has 0 bridgehead atoms. The normalized spacial score (nSPS) is 17.3. The van der Waals surface area contributed by atoms with Crippen molar-refractivity contribution in [3.8, 4) is 0 Å². The summed E-state index contributed by atoms with van der Waals surface area (Å²) < 4.78 is 0. The highest BCUT2D eigenvalue weighted by molar-refractivity contribution is 5.96. The smallest absolute Gasteiger partial charge is 0.140 e. The van der Waals surface area contributed by atoms with E-state index in [0.717, 1.165) is 29.3 Å². The van der Waals surface area contributed by atoms with Crippen LogP contribution in [0.3, 0.4) is 0 Å². The summed E-state index contributed by atoms with van der Waals surface area (Å²) in [5.74, 6) is 0.281. The summed E-state index contributed by atoms with van der Waals surface area (Å²) in [6.07, 6.45) is 3.77. The first-order valence-electron chi connectivity index (χ1n) is 5.59. The fourth-order valence-electron chi connectivity index (χ4n) is 2.45. The zero-order valence-corrected chi connectivity index (χ0v) is 9.23. The highest BCUT2D eigenvalue weighted by Crippen LogP contribution is 2.50. The molecular weight excluding hydrogens is 198 g/mol. The Hall–Kier alpha value is -1.70. The Morgan fingerprint density at radius 2 is 2.00 bits per heavy atom. The Labute approximate surface area is 94.3 Å². The molecule has 0 N–H and O–H groups in total.